The topological polar surface area (TPSA) is 47.7 Å². The summed E-state index contributed by atoms with van der Waals surface area (Å²) in [5.74, 6) is 0. The van der Waals surface area contributed by atoms with Crippen molar-refractivity contribution in [3.05, 3.63) is 41.2 Å². The van der Waals surface area contributed by atoms with Gasteiger partial charge in [-0.15, -0.1) is 0 Å². The molecule has 1 aromatic carbocycles. The van der Waals surface area contributed by atoms with Crippen molar-refractivity contribution in [1.29, 1.82) is 0 Å². The Hall–Kier alpha value is -1.38. The first-order valence-electron chi connectivity index (χ1n) is 4.28. The van der Waals surface area contributed by atoms with Gasteiger partial charge in [-0.3, -0.25) is 4.18 Å². The quantitative estimate of drug-likeness (QED) is 0.585. The molecule has 0 aliphatic carbocycles. The SMILES string of the molecule is [C-]#[N+]c1ccc([C@H](C)OS(C)(=O)=O)cc1. The second-order valence-corrected chi connectivity index (χ2v) is 4.75. The molecule has 0 radical (unpaired) electrons. The standard InChI is InChI=1S/C10H11NO3S/c1-8(14-15(3,12)13)9-4-6-10(11-2)7-5-9/h4-8H,1,3H3/t8-/m0/s1. The van der Waals surface area contributed by atoms with Crippen LogP contribution in [-0.4, -0.2) is 14.7 Å². The molecule has 4 nitrogen and oxygen atoms in total. The number of rotatable bonds is 3. The third-order valence-electron chi connectivity index (χ3n) is 1.81. The summed E-state index contributed by atoms with van der Waals surface area (Å²) < 4.78 is 26.5. The van der Waals surface area contributed by atoms with E-state index in [0.29, 0.717) is 5.69 Å². The molecule has 0 spiro atoms. The smallest absolute Gasteiger partial charge is 0.262 e. The van der Waals surface area contributed by atoms with Gasteiger partial charge < -0.3 is 0 Å². The van der Waals surface area contributed by atoms with Crippen molar-refractivity contribution in [3.8, 4) is 0 Å². The lowest BCUT2D eigenvalue weighted by Crippen LogP contribution is -2.07. The third-order valence-corrected chi connectivity index (χ3v) is 2.45. The molecule has 1 aromatic rings. The van der Waals surface area contributed by atoms with Gasteiger partial charge in [0.15, 0.2) is 5.69 Å². The lowest BCUT2D eigenvalue weighted by Gasteiger charge is -2.10. The van der Waals surface area contributed by atoms with E-state index in [1.54, 1.807) is 31.2 Å². The second-order valence-electron chi connectivity index (χ2n) is 3.15. The van der Waals surface area contributed by atoms with E-state index in [-0.39, 0.29) is 0 Å². The molecule has 1 rings (SSSR count). The van der Waals surface area contributed by atoms with E-state index in [1.165, 1.54) is 0 Å². The van der Waals surface area contributed by atoms with Gasteiger partial charge in [0.1, 0.15) is 0 Å². The van der Waals surface area contributed by atoms with Gasteiger partial charge in [0.2, 0.25) is 0 Å². The summed E-state index contributed by atoms with van der Waals surface area (Å²) >= 11 is 0. The zero-order valence-corrected chi connectivity index (χ0v) is 9.28. The van der Waals surface area contributed by atoms with E-state index in [9.17, 15) is 8.42 Å². The van der Waals surface area contributed by atoms with Crippen molar-refractivity contribution in [2.45, 2.75) is 13.0 Å². The van der Waals surface area contributed by atoms with E-state index in [0.717, 1.165) is 11.8 Å². The number of benzene rings is 1. The Morgan fingerprint density at radius 1 is 1.33 bits per heavy atom. The van der Waals surface area contributed by atoms with E-state index >= 15 is 0 Å². The van der Waals surface area contributed by atoms with Gasteiger partial charge in [0.25, 0.3) is 10.1 Å². The minimum atomic E-state index is -3.45. The minimum absolute atomic E-state index is 0.519. The van der Waals surface area contributed by atoms with Crippen molar-refractivity contribution in [2.24, 2.45) is 0 Å². The van der Waals surface area contributed by atoms with E-state index in [2.05, 4.69) is 4.85 Å². The zero-order chi connectivity index (χ0) is 11.5. The summed E-state index contributed by atoms with van der Waals surface area (Å²) in [6.45, 7) is 8.41. The highest BCUT2D eigenvalue weighted by Crippen LogP contribution is 2.21. The van der Waals surface area contributed by atoms with Crippen LogP contribution in [0.5, 0.6) is 0 Å². The molecule has 0 bridgehead atoms. The Kier molecular flexibility index (Phi) is 3.45. The lowest BCUT2D eigenvalue weighted by atomic mass is 10.1. The van der Waals surface area contributed by atoms with Crippen LogP contribution in [0.15, 0.2) is 24.3 Å². The van der Waals surface area contributed by atoms with Gasteiger partial charge in [-0.05, 0) is 12.5 Å². The third kappa shape index (κ3) is 3.70. The maximum Gasteiger partial charge on any atom is 0.264 e. The first kappa shape index (κ1) is 11.7. The lowest BCUT2D eigenvalue weighted by molar-refractivity contribution is 0.237. The average molecular weight is 225 g/mol. The van der Waals surface area contributed by atoms with Gasteiger partial charge in [-0.1, -0.05) is 24.3 Å². The highest BCUT2D eigenvalue weighted by atomic mass is 32.2. The maximum atomic E-state index is 10.9. The Balaban J connectivity index is 2.84. The van der Waals surface area contributed by atoms with Crippen molar-refractivity contribution in [3.63, 3.8) is 0 Å². The zero-order valence-electron chi connectivity index (χ0n) is 8.47. The highest BCUT2D eigenvalue weighted by molar-refractivity contribution is 7.86. The van der Waals surface area contributed by atoms with Crippen LogP contribution in [0.1, 0.15) is 18.6 Å². The van der Waals surface area contributed by atoms with Crippen molar-refractivity contribution in [2.75, 3.05) is 6.26 Å². The molecular formula is C10H11NO3S. The van der Waals surface area contributed by atoms with Crippen LogP contribution < -0.4 is 0 Å². The second kappa shape index (κ2) is 4.43. The summed E-state index contributed by atoms with van der Waals surface area (Å²) in [4.78, 5) is 3.24. The van der Waals surface area contributed by atoms with Crippen LogP contribution in [0.4, 0.5) is 5.69 Å². The summed E-state index contributed by atoms with van der Waals surface area (Å²) in [5.41, 5.74) is 1.25. The van der Waals surface area contributed by atoms with Crippen molar-refractivity contribution >= 4 is 15.8 Å². The van der Waals surface area contributed by atoms with E-state index in [4.69, 9.17) is 10.8 Å². The predicted octanol–water partition coefficient (Wildman–Crippen LogP) is 2.27. The Morgan fingerprint density at radius 2 is 1.87 bits per heavy atom. The molecule has 0 aromatic heterocycles. The molecular weight excluding hydrogens is 214 g/mol. The molecule has 0 N–H and O–H groups in total. The van der Waals surface area contributed by atoms with Gasteiger partial charge in [0, 0.05) is 0 Å². The first-order valence-corrected chi connectivity index (χ1v) is 6.10. The fourth-order valence-corrected chi connectivity index (χ4v) is 1.77. The molecule has 0 aliphatic rings. The number of hydrogen-bond donors (Lipinski definition) is 0. The molecule has 0 saturated heterocycles. The molecule has 0 amide bonds. The van der Waals surface area contributed by atoms with Crippen LogP contribution in [0.3, 0.4) is 0 Å². The summed E-state index contributed by atoms with van der Waals surface area (Å²) in [6.07, 6.45) is 0.483. The maximum absolute atomic E-state index is 10.9. The first-order chi connectivity index (χ1) is 6.92. The molecule has 1 atom stereocenters. The molecule has 0 unspecified atom stereocenters. The van der Waals surface area contributed by atoms with Crippen LogP contribution >= 0.6 is 0 Å². The Labute approximate surface area is 89.4 Å². The van der Waals surface area contributed by atoms with Crippen LogP contribution in [0.25, 0.3) is 4.85 Å². The molecule has 15 heavy (non-hydrogen) atoms. The summed E-state index contributed by atoms with van der Waals surface area (Å²) in [7, 11) is -3.45. The Morgan fingerprint density at radius 3 is 2.27 bits per heavy atom. The van der Waals surface area contributed by atoms with Crippen molar-refractivity contribution in [1.82, 2.24) is 0 Å². The van der Waals surface area contributed by atoms with Crippen LogP contribution in [0.2, 0.25) is 0 Å². The van der Waals surface area contributed by atoms with Crippen LogP contribution in [-0.2, 0) is 14.3 Å². The fraction of sp³-hybridized carbons (Fsp3) is 0.300. The largest absolute Gasteiger partial charge is 0.264 e. The van der Waals surface area contributed by atoms with E-state index < -0.39 is 16.2 Å². The normalized spacial score (nSPS) is 13.1. The Bertz CT molecular complexity index is 470. The van der Waals surface area contributed by atoms with Gasteiger partial charge in [-0.2, -0.15) is 8.42 Å². The molecule has 0 fully saturated rings. The molecule has 80 valence electrons. The minimum Gasteiger partial charge on any atom is -0.262 e. The summed E-state index contributed by atoms with van der Waals surface area (Å²) in [5, 5.41) is 0. The van der Waals surface area contributed by atoms with Gasteiger partial charge in [-0.25, -0.2) is 4.85 Å². The number of nitrogens with zero attached hydrogens (tertiary/aromatic N) is 1. The highest BCUT2D eigenvalue weighted by Gasteiger charge is 2.11. The molecule has 5 heteroatoms. The molecule has 0 saturated carbocycles. The van der Waals surface area contributed by atoms with E-state index in [1.807, 2.05) is 0 Å². The summed E-state index contributed by atoms with van der Waals surface area (Å²) in [6, 6.07) is 6.63. The average Bonchev–Trinajstić information content (AvgIpc) is 2.15. The van der Waals surface area contributed by atoms with Gasteiger partial charge >= 0.3 is 0 Å². The predicted molar refractivity (Wildman–Crippen MR) is 57.0 cm³/mol. The van der Waals surface area contributed by atoms with Crippen molar-refractivity contribution < 1.29 is 12.6 Å². The fourth-order valence-electron chi connectivity index (χ4n) is 1.14. The van der Waals surface area contributed by atoms with Crippen LogP contribution in [0, 0.1) is 6.57 Å². The number of hydrogen-bond acceptors (Lipinski definition) is 3. The molecule has 0 heterocycles. The molecule has 0 aliphatic heterocycles. The monoisotopic (exact) mass is 225 g/mol. The van der Waals surface area contributed by atoms with Gasteiger partial charge in [0.05, 0.1) is 18.9 Å².